The predicted molar refractivity (Wildman–Crippen MR) is 60.8 cm³/mol. The SMILES string of the molecule is CCCc1cc(N)c(OC)cc1CC. The lowest BCUT2D eigenvalue weighted by Crippen LogP contribution is -1.99. The van der Waals surface area contributed by atoms with Gasteiger partial charge in [-0.15, -0.1) is 0 Å². The van der Waals surface area contributed by atoms with E-state index in [1.165, 1.54) is 11.1 Å². The maximum Gasteiger partial charge on any atom is 0.142 e. The van der Waals surface area contributed by atoms with Gasteiger partial charge < -0.3 is 10.5 Å². The second-order valence-electron chi connectivity index (χ2n) is 3.47. The Hall–Kier alpha value is -1.18. The van der Waals surface area contributed by atoms with E-state index in [0.717, 1.165) is 30.7 Å². The summed E-state index contributed by atoms with van der Waals surface area (Å²) in [6.45, 7) is 4.34. The van der Waals surface area contributed by atoms with E-state index in [1.54, 1.807) is 7.11 Å². The standard InChI is InChI=1S/C12H19NO/c1-4-6-10-7-11(13)12(14-3)8-9(10)5-2/h7-8H,4-6,13H2,1-3H3. The number of anilines is 1. The van der Waals surface area contributed by atoms with E-state index in [9.17, 15) is 0 Å². The van der Waals surface area contributed by atoms with Crippen LogP contribution in [0.4, 0.5) is 5.69 Å². The van der Waals surface area contributed by atoms with Crippen molar-refractivity contribution in [2.45, 2.75) is 33.1 Å². The fraction of sp³-hybridized carbons (Fsp3) is 0.500. The van der Waals surface area contributed by atoms with Gasteiger partial charge in [-0.3, -0.25) is 0 Å². The molecule has 0 fully saturated rings. The van der Waals surface area contributed by atoms with Crippen molar-refractivity contribution < 1.29 is 4.74 Å². The molecule has 1 aromatic carbocycles. The van der Waals surface area contributed by atoms with Gasteiger partial charge in [-0.05, 0) is 36.1 Å². The Morgan fingerprint density at radius 3 is 2.43 bits per heavy atom. The van der Waals surface area contributed by atoms with E-state index >= 15 is 0 Å². The lowest BCUT2D eigenvalue weighted by atomic mass is 10.00. The van der Waals surface area contributed by atoms with Crippen LogP contribution in [0.25, 0.3) is 0 Å². The number of methoxy groups -OCH3 is 1. The van der Waals surface area contributed by atoms with Gasteiger partial charge in [0.05, 0.1) is 12.8 Å². The first-order valence-corrected chi connectivity index (χ1v) is 5.18. The maximum absolute atomic E-state index is 5.86. The molecule has 0 aliphatic carbocycles. The highest BCUT2D eigenvalue weighted by Crippen LogP contribution is 2.26. The number of nitrogen functional groups attached to an aromatic ring is 1. The number of aryl methyl sites for hydroxylation is 2. The third kappa shape index (κ3) is 2.19. The third-order valence-electron chi connectivity index (χ3n) is 2.45. The average molecular weight is 193 g/mol. The van der Waals surface area contributed by atoms with Gasteiger partial charge in [0.15, 0.2) is 0 Å². The molecule has 0 heterocycles. The molecule has 1 rings (SSSR count). The van der Waals surface area contributed by atoms with E-state index < -0.39 is 0 Å². The van der Waals surface area contributed by atoms with E-state index in [1.807, 2.05) is 6.07 Å². The molecule has 0 radical (unpaired) electrons. The van der Waals surface area contributed by atoms with Crippen molar-refractivity contribution in [2.75, 3.05) is 12.8 Å². The van der Waals surface area contributed by atoms with Gasteiger partial charge in [-0.2, -0.15) is 0 Å². The van der Waals surface area contributed by atoms with Crippen LogP contribution in [0.3, 0.4) is 0 Å². The molecule has 0 atom stereocenters. The number of rotatable bonds is 4. The van der Waals surface area contributed by atoms with E-state index in [2.05, 4.69) is 19.9 Å². The minimum Gasteiger partial charge on any atom is -0.495 e. The summed E-state index contributed by atoms with van der Waals surface area (Å²) >= 11 is 0. The molecule has 1 aromatic rings. The molecule has 0 unspecified atom stereocenters. The first-order chi connectivity index (χ1) is 6.72. The molecular weight excluding hydrogens is 174 g/mol. The fourth-order valence-corrected chi connectivity index (χ4v) is 1.69. The number of benzene rings is 1. The Morgan fingerprint density at radius 1 is 1.21 bits per heavy atom. The molecule has 0 amide bonds. The quantitative estimate of drug-likeness (QED) is 0.746. The summed E-state index contributed by atoms with van der Waals surface area (Å²) in [6, 6.07) is 4.10. The van der Waals surface area contributed by atoms with Crippen molar-refractivity contribution in [1.82, 2.24) is 0 Å². The molecule has 0 saturated heterocycles. The van der Waals surface area contributed by atoms with Crippen molar-refractivity contribution in [1.29, 1.82) is 0 Å². The van der Waals surface area contributed by atoms with Crippen molar-refractivity contribution in [2.24, 2.45) is 0 Å². The number of nitrogens with two attached hydrogens (primary N) is 1. The lowest BCUT2D eigenvalue weighted by molar-refractivity contribution is 0.416. The summed E-state index contributed by atoms with van der Waals surface area (Å²) < 4.78 is 5.20. The first-order valence-electron chi connectivity index (χ1n) is 5.18. The van der Waals surface area contributed by atoms with Crippen molar-refractivity contribution >= 4 is 5.69 Å². The second-order valence-corrected chi connectivity index (χ2v) is 3.47. The molecule has 0 aliphatic rings. The average Bonchev–Trinajstić information content (AvgIpc) is 2.19. The Labute approximate surface area is 86.1 Å². The molecule has 0 aliphatic heterocycles. The van der Waals surface area contributed by atoms with Crippen LogP contribution >= 0.6 is 0 Å². The molecule has 2 N–H and O–H groups in total. The zero-order valence-electron chi connectivity index (χ0n) is 9.26. The molecule has 0 saturated carbocycles. The Morgan fingerprint density at radius 2 is 1.93 bits per heavy atom. The van der Waals surface area contributed by atoms with Crippen LogP contribution in [-0.4, -0.2) is 7.11 Å². The van der Waals surface area contributed by atoms with Crippen LogP contribution in [0.5, 0.6) is 5.75 Å². The molecule has 0 aromatic heterocycles. The zero-order chi connectivity index (χ0) is 10.6. The van der Waals surface area contributed by atoms with Gasteiger partial charge in [0.2, 0.25) is 0 Å². The Balaban J connectivity index is 3.10. The summed E-state index contributed by atoms with van der Waals surface area (Å²) in [5, 5.41) is 0. The summed E-state index contributed by atoms with van der Waals surface area (Å²) in [5.41, 5.74) is 9.30. The van der Waals surface area contributed by atoms with Crippen LogP contribution in [-0.2, 0) is 12.8 Å². The highest BCUT2D eigenvalue weighted by molar-refractivity contribution is 5.57. The van der Waals surface area contributed by atoms with E-state index in [0.29, 0.717) is 0 Å². The lowest BCUT2D eigenvalue weighted by Gasteiger charge is -2.11. The molecule has 0 bridgehead atoms. The highest BCUT2D eigenvalue weighted by Gasteiger charge is 2.06. The summed E-state index contributed by atoms with van der Waals surface area (Å²) in [6.07, 6.45) is 3.28. The Kier molecular flexibility index (Phi) is 3.81. The number of ether oxygens (including phenoxy) is 1. The van der Waals surface area contributed by atoms with Crippen LogP contribution in [0.1, 0.15) is 31.4 Å². The second kappa shape index (κ2) is 4.89. The zero-order valence-corrected chi connectivity index (χ0v) is 9.26. The van der Waals surface area contributed by atoms with Crippen molar-refractivity contribution in [3.63, 3.8) is 0 Å². The van der Waals surface area contributed by atoms with Crippen LogP contribution in [0.15, 0.2) is 12.1 Å². The minimum atomic E-state index is 0.744. The highest BCUT2D eigenvalue weighted by atomic mass is 16.5. The van der Waals surface area contributed by atoms with Gasteiger partial charge in [0.1, 0.15) is 5.75 Å². The first kappa shape index (κ1) is 10.9. The normalized spacial score (nSPS) is 10.2. The Bertz CT molecular complexity index is 307. The van der Waals surface area contributed by atoms with Gasteiger partial charge >= 0.3 is 0 Å². The molecular formula is C12H19NO. The van der Waals surface area contributed by atoms with Crippen LogP contribution in [0, 0.1) is 0 Å². The topological polar surface area (TPSA) is 35.2 Å². The molecule has 2 heteroatoms. The van der Waals surface area contributed by atoms with Gasteiger partial charge in [-0.25, -0.2) is 0 Å². The molecule has 14 heavy (non-hydrogen) atoms. The van der Waals surface area contributed by atoms with Gasteiger partial charge in [0, 0.05) is 0 Å². The van der Waals surface area contributed by atoms with Crippen molar-refractivity contribution in [3.05, 3.63) is 23.3 Å². The summed E-state index contributed by atoms with van der Waals surface area (Å²) in [4.78, 5) is 0. The fourth-order valence-electron chi connectivity index (χ4n) is 1.69. The number of hydrogen-bond donors (Lipinski definition) is 1. The molecule has 0 spiro atoms. The van der Waals surface area contributed by atoms with E-state index in [-0.39, 0.29) is 0 Å². The number of hydrogen-bond acceptors (Lipinski definition) is 2. The van der Waals surface area contributed by atoms with Gasteiger partial charge in [-0.1, -0.05) is 20.3 Å². The smallest absolute Gasteiger partial charge is 0.142 e. The molecule has 78 valence electrons. The predicted octanol–water partition coefficient (Wildman–Crippen LogP) is 2.79. The van der Waals surface area contributed by atoms with Crippen molar-refractivity contribution in [3.8, 4) is 5.75 Å². The minimum absolute atomic E-state index is 0.744. The maximum atomic E-state index is 5.86. The summed E-state index contributed by atoms with van der Waals surface area (Å²) in [5.74, 6) is 0.793. The van der Waals surface area contributed by atoms with Crippen LogP contribution < -0.4 is 10.5 Å². The molecule has 2 nitrogen and oxygen atoms in total. The monoisotopic (exact) mass is 193 g/mol. The summed E-state index contributed by atoms with van der Waals surface area (Å²) in [7, 11) is 1.66. The van der Waals surface area contributed by atoms with Gasteiger partial charge in [0.25, 0.3) is 0 Å². The van der Waals surface area contributed by atoms with Crippen LogP contribution in [0.2, 0.25) is 0 Å². The van der Waals surface area contributed by atoms with E-state index in [4.69, 9.17) is 10.5 Å². The third-order valence-corrected chi connectivity index (χ3v) is 2.45. The largest absolute Gasteiger partial charge is 0.495 e.